The lowest BCUT2D eigenvalue weighted by molar-refractivity contribution is -0.117. The maximum absolute atomic E-state index is 12.2. The van der Waals surface area contributed by atoms with Crippen molar-refractivity contribution in [3.63, 3.8) is 0 Å². The minimum absolute atomic E-state index is 0.0281. The molecule has 0 unspecified atom stereocenters. The molecular formula is C16H14N2O2. The molecule has 0 bridgehead atoms. The van der Waals surface area contributed by atoms with E-state index in [4.69, 9.17) is 0 Å². The predicted octanol–water partition coefficient (Wildman–Crippen LogP) is 1.96. The van der Waals surface area contributed by atoms with E-state index < -0.39 is 0 Å². The second-order valence-corrected chi connectivity index (χ2v) is 4.67. The van der Waals surface area contributed by atoms with Crippen molar-refractivity contribution in [2.45, 2.75) is 6.54 Å². The fraction of sp³-hybridized carbons (Fsp3) is 0.125. The summed E-state index contributed by atoms with van der Waals surface area (Å²) < 4.78 is 0. The highest BCUT2D eigenvalue weighted by Crippen LogP contribution is 2.24. The van der Waals surface area contributed by atoms with Gasteiger partial charge in [0, 0.05) is 0 Å². The van der Waals surface area contributed by atoms with Crippen LogP contribution in [0.4, 0.5) is 5.69 Å². The zero-order valence-corrected chi connectivity index (χ0v) is 10.9. The van der Waals surface area contributed by atoms with Gasteiger partial charge in [0.15, 0.2) is 0 Å². The van der Waals surface area contributed by atoms with E-state index in [2.05, 4.69) is 5.32 Å². The molecule has 4 heteroatoms. The Labute approximate surface area is 117 Å². The molecule has 0 fully saturated rings. The van der Waals surface area contributed by atoms with Crippen LogP contribution in [0.2, 0.25) is 0 Å². The van der Waals surface area contributed by atoms with Crippen molar-refractivity contribution in [2.75, 3.05) is 11.4 Å². The number of nitrogens with zero attached hydrogens (tertiary/aromatic N) is 1. The first-order chi connectivity index (χ1) is 9.75. The van der Waals surface area contributed by atoms with Gasteiger partial charge in [-0.05, 0) is 17.7 Å². The summed E-state index contributed by atoms with van der Waals surface area (Å²) in [6.07, 6.45) is 0. The van der Waals surface area contributed by atoms with Gasteiger partial charge in [-0.15, -0.1) is 0 Å². The maximum atomic E-state index is 12.2. The van der Waals surface area contributed by atoms with Gasteiger partial charge in [0.2, 0.25) is 5.91 Å². The van der Waals surface area contributed by atoms with Crippen molar-refractivity contribution in [3.05, 3.63) is 65.7 Å². The van der Waals surface area contributed by atoms with E-state index in [1.807, 2.05) is 36.4 Å². The molecule has 20 heavy (non-hydrogen) atoms. The highest BCUT2D eigenvalue weighted by atomic mass is 16.2. The molecule has 2 amide bonds. The number of para-hydroxylation sites is 1. The van der Waals surface area contributed by atoms with E-state index in [0.717, 1.165) is 5.56 Å². The fourth-order valence-electron chi connectivity index (χ4n) is 2.32. The molecule has 0 aromatic heterocycles. The molecule has 100 valence electrons. The van der Waals surface area contributed by atoms with Gasteiger partial charge >= 0.3 is 0 Å². The number of rotatable bonds is 2. The predicted molar refractivity (Wildman–Crippen MR) is 76.4 cm³/mol. The quantitative estimate of drug-likeness (QED) is 0.903. The summed E-state index contributed by atoms with van der Waals surface area (Å²) in [5.41, 5.74) is 2.23. The number of carbonyl (C=O) groups excluding carboxylic acids is 2. The molecule has 3 rings (SSSR count). The summed E-state index contributed by atoms with van der Waals surface area (Å²) in [5.74, 6) is -0.309. The monoisotopic (exact) mass is 266 g/mol. The van der Waals surface area contributed by atoms with E-state index in [-0.39, 0.29) is 18.4 Å². The van der Waals surface area contributed by atoms with Crippen LogP contribution in [0.3, 0.4) is 0 Å². The van der Waals surface area contributed by atoms with E-state index in [1.165, 1.54) is 0 Å². The Morgan fingerprint density at radius 3 is 2.45 bits per heavy atom. The first-order valence-corrected chi connectivity index (χ1v) is 6.47. The standard InChI is InChI=1S/C16H14N2O2/c19-15-10-17-16(20)13-8-4-5-9-14(13)18(15)11-12-6-2-1-3-7-12/h1-9H,10-11H2,(H,17,20). The zero-order chi connectivity index (χ0) is 13.9. The molecule has 4 nitrogen and oxygen atoms in total. The van der Waals surface area contributed by atoms with Crippen LogP contribution in [0, 0.1) is 0 Å². The number of hydrogen-bond donors (Lipinski definition) is 1. The topological polar surface area (TPSA) is 49.4 Å². The van der Waals surface area contributed by atoms with Crippen molar-refractivity contribution < 1.29 is 9.59 Å². The van der Waals surface area contributed by atoms with Crippen molar-refractivity contribution in [1.29, 1.82) is 0 Å². The summed E-state index contributed by atoms with van der Waals surface area (Å²) in [6, 6.07) is 16.9. The SMILES string of the molecule is O=C1NCC(=O)N(Cc2ccccc2)c2ccccc21. The molecule has 1 aliphatic heterocycles. The number of carbonyl (C=O) groups is 2. The van der Waals surface area contributed by atoms with Crippen LogP contribution >= 0.6 is 0 Å². The third-order valence-electron chi connectivity index (χ3n) is 3.32. The van der Waals surface area contributed by atoms with Crippen LogP contribution < -0.4 is 10.2 Å². The Kier molecular flexibility index (Phi) is 3.21. The number of benzene rings is 2. The molecule has 0 spiro atoms. The van der Waals surface area contributed by atoms with Crippen LogP contribution in [0.5, 0.6) is 0 Å². The molecule has 1 heterocycles. The largest absolute Gasteiger partial charge is 0.343 e. The Bertz CT molecular complexity index is 653. The average Bonchev–Trinajstić information content (AvgIpc) is 2.61. The highest BCUT2D eigenvalue weighted by Gasteiger charge is 2.25. The molecule has 0 radical (unpaired) electrons. The van der Waals surface area contributed by atoms with Gasteiger partial charge < -0.3 is 10.2 Å². The van der Waals surface area contributed by atoms with Crippen LogP contribution in [0.15, 0.2) is 54.6 Å². The van der Waals surface area contributed by atoms with Gasteiger partial charge in [-0.2, -0.15) is 0 Å². The number of nitrogens with one attached hydrogen (secondary N) is 1. The van der Waals surface area contributed by atoms with Gasteiger partial charge in [0.05, 0.1) is 24.3 Å². The van der Waals surface area contributed by atoms with E-state index in [0.29, 0.717) is 17.8 Å². The summed E-state index contributed by atoms with van der Waals surface area (Å²) in [6.45, 7) is 0.492. The highest BCUT2D eigenvalue weighted by molar-refractivity contribution is 6.09. The van der Waals surface area contributed by atoms with E-state index >= 15 is 0 Å². The summed E-state index contributed by atoms with van der Waals surface area (Å²) in [7, 11) is 0. The average molecular weight is 266 g/mol. The Morgan fingerprint density at radius 2 is 1.65 bits per heavy atom. The van der Waals surface area contributed by atoms with Gasteiger partial charge in [-0.25, -0.2) is 0 Å². The number of fused-ring (bicyclic) bond motifs is 1. The lowest BCUT2D eigenvalue weighted by Crippen LogP contribution is -2.36. The van der Waals surface area contributed by atoms with Gasteiger partial charge in [-0.3, -0.25) is 9.59 Å². The smallest absolute Gasteiger partial charge is 0.253 e. The van der Waals surface area contributed by atoms with Crippen molar-refractivity contribution in [3.8, 4) is 0 Å². The molecule has 1 aliphatic rings. The second-order valence-electron chi connectivity index (χ2n) is 4.67. The van der Waals surface area contributed by atoms with Crippen molar-refractivity contribution >= 4 is 17.5 Å². The van der Waals surface area contributed by atoms with Crippen molar-refractivity contribution in [1.82, 2.24) is 5.32 Å². The molecule has 0 atom stereocenters. The summed E-state index contributed by atoms with van der Waals surface area (Å²) >= 11 is 0. The molecule has 0 saturated heterocycles. The summed E-state index contributed by atoms with van der Waals surface area (Å²) in [5, 5.41) is 2.64. The third kappa shape index (κ3) is 2.28. The molecule has 1 N–H and O–H groups in total. The van der Waals surface area contributed by atoms with Crippen LogP contribution in [0.25, 0.3) is 0 Å². The van der Waals surface area contributed by atoms with Crippen LogP contribution in [-0.2, 0) is 11.3 Å². The Morgan fingerprint density at radius 1 is 0.950 bits per heavy atom. The minimum Gasteiger partial charge on any atom is -0.343 e. The zero-order valence-electron chi connectivity index (χ0n) is 10.9. The minimum atomic E-state index is -0.204. The van der Waals surface area contributed by atoms with Gasteiger partial charge in [-0.1, -0.05) is 42.5 Å². The first kappa shape index (κ1) is 12.4. The molecule has 2 aromatic carbocycles. The summed E-state index contributed by atoms with van der Waals surface area (Å²) in [4.78, 5) is 25.9. The first-order valence-electron chi connectivity index (χ1n) is 6.47. The normalized spacial score (nSPS) is 14.5. The Balaban J connectivity index is 2.01. The molecule has 0 saturated carbocycles. The lowest BCUT2D eigenvalue weighted by Gasteiger charge is -2.22. The molecular weight excluding hydrogens is 252 g/mol. The van der Waals surface area contributed by atoms with E-state index in [1.54, 1.807) is 23.1 Å². The van der Waals surface area contributed by atoms with Crippen molar-refractivity contribution in [2.24, 2.45) is 0 Å². The number of amides is 2. The fourth-order valence-corrected chi connectivity index (χ4v) is 2.32. The van der Waals surface area contributed by atoms with Gasteiger partial charge in [0.1, 0.15) is 0 Å². The van der Waals surface area contributed by atoms with Crippen LogP contribution in [0.1, 0.15) is 15.9 Å². The maximum Gasteiger partial charge on any atom is 0.253 e. The van der Waals surface area contributed by atoms with Gasteiger partial charge in [0.25, 0.3) is 5.91 Å². The number of anilines is 1. The number of hydrogen-bond acceptors (Lipinski definition) is 2. The third-order valence-corrected chi connectivity index (χ3v) is 3.32. The molecule has 0 aliphatic carbocycles. The second kappa shape index (κ2) is 5.17. The lowest BCUT2D eigenvalue weighted by atomic mass is 10.1. The molecule has 2 aromatic rings. The Hall–Kier alpha value is -2.62. The van der Waals surface area contributed by atoms with E-state index in [9.17, 15) is 9.59 Å². The van der Waals surface area contributed by atoms with Crippen LogP contribution in [-0.4, -0.2) is 18.4 Å².